The average molecular weight is 320 g/mol. The molecule has 0 unspecified atom stereocenters. The third-order valence-electron chi connectivity index (χ3n) is 2.44. The van der Waals surface area contributed by atoms with Crippen molar-refractivity contribution in [3.63, 3.8) is 0 Å². The Labute approximate surface area is 132 Å². The molecule has 0 bridgehead atoms. The Balaban J connectivity index is 3.11. The van der Waals surface area contributed by atoms with Crippen LogP contribution in [0.2, 0.25) is 0 Å². The van der Waals surface area contributed by atoms with Gasteiger partial charge in [0.05, 0.1) is 52.7 Å². The highest BCUT2D eigenvalue weighted by Gasteiger charge is 2.01. The molecule has 0 aliphatic carbocycles. The first-order chi connectivity index (χ1) is 10.7. The normalized spacial score (nSPS) is 10.5. The molecule has 0 rings (SSSR count). The molecule has 0 radical (unpaired) electrons. The summed E-state index contributed by atoms with van der Waals surface area (Å²) < 4.78 is 25.4. The lowest BCUT2D eigenvalue weighted by atomic mass is 10.3. The fourth-order valence-electron chi connectivity index (χ4n) is 1.42. The number of carbonyl (C=O) groups excluding carboxylic acids is 2. The van der Waals surface area contributed by atoms with Gasteiger partial charge in [0.2, 0.25) is 0 Å². The van der Waals surface area contributed by atoms with Crippen LogP contribution in [0.25, 0.3) is 0 Å². The molecule has 0 saturated carbocycles. The standard InChI is InChI=1S/C15H28O7/c1-3-5-14(16)22-13-12-20-11-10-19-9-8-18-7-6-15(17)21-4-2/h3-13H2,1-2H3. The van der Waals surface area contributed by atoms with Crippen molar-refractivity contribution >= 4 is 11.9 Å². The van der Waals surface area contributed by atoms with Crippen molar-refractivity contribution in [2.24, 2.45) is 0 Å². The van der Waals surface area contributed by atoms with Crippen molar-refractivity contribution in [1.29, 1.82) is 0 Å². The fourth-order valence-corrected chi connectivity index (χ4v) is 1.42. The largest absolute Gasteiger partial charge is 0.466 e. The summed E-state index contributed by atoms with van der Waals surface area (Å²) in [6.07, 6.45) is 1.49. The van der Waals surface area contributed by atoms with Crippen molar-refractivity contribution in [1.82, 2.24) is 0 Å². The minimum atomic E-state index is -0.253. The van der Waals surface area contributed by atoms with Gasteiger partial charge in [0.25, 0.3) is 0 Å². The van der Waals surface area contributed by atoms with Crippen LogP contribution in [0.5, 0.6) is 0 Å². The molecule has 7 heteroatoms. The molecule has 0 aromatic rings. The van der Waals surface area contributed by atoms with E-state index in [2.05, 4.69) is 0 Å². The topological polar surface area (TPSA) is 80.3 Å². The van der Waals surface area contributed by atoms with Crippen LogP contribution in [0.15, 0.2) is 0 Å². The highest BCUT2D eigenvalue weighted by Crippen LogP contribution is 1.91. The highest BCUT2D eigenvalue weighted by molar-refractivity contribution is 5.69. The van der Waals surface area contributed by atoms with E-state index in [-0.39, 0.29) is 25.0 Å². The molecule has 0 atom stereocenters. The maximum absolute atomic E-state index is 11.0. The molecule has 0 saturated heterocycles. The number of hydrogen-bond donors (Lipinski definition) is 0. The summed E-state index contributed by atoms with van der Waals surface area (Å²) in [6.45, 7) is 6.82. The monoisotopic (exact) mass is 320 g/mol. The minimum Gasteiger partial charge on any atom is -0.466 e. The fraction of sp³-hybridized carbons (Fsp3) is 0.867. The van der Waals surface area contributed by atoms with Gasteiger partial charge in [0.15, 0.2) is 0 Å². The van der Waals surface area contributed by atoms with Crippen LogP contribution in [0, 0.1) is 0 Å². The molecular formula is C15H28O7. The van der Waals surface area contributed by atoms with Crippen LogP contribution in [-0.2, 0) is 33.3 Å². The number of rotatable bonds is 15. The molecule has 0 aliphatic heterocycles. The summed E-state index contributed by atoms with van der Waals surface area (Å²) in [7, 11) is 0. The molecule has 0 fully saturated rings. The number of hydrogen-bond acceptors (Lipinski definition) is 7. The molecule has 0 heterocycles. The molecule has 0 N–H and O–H groups in total. The summed E-state index contributed by atoms with van der Waals surface area (Å²) >= 11 is 0. The van der Waals surface area contributed by atoms with Gasteiger partial charge in [-0.15, -0.1) is 0 Å². The van der Waals surface area contributed by atoms with Crippen LogP contribution < -0.4 is 0 Å². The third kappa shape index (κ3) is 15.2. The quantitative estimate of drug-likeness (QED) is 0.333. The van der Waals surface area contributed by atoms with E-state index < -0.39 is 0 Å². The van der Waals surface area contributed by atoms with Crippen molar-refractivity contribution in [2.45, 2.75) is 33.1 Å². The average Bonchev–Trinajstić information content (AvgIpc) is 2.49. The van der Waals surface area contributed by atoms with E-state index in [9.17, 15) is 9.59 Å². The van der Waals surface area contributed by atoms with Gasteiger partial charge in [0.1, 0.15) is 6.61 Å². The summed E-state index contributed by atoms with van der Waals surface area (Å²) in [5.74, 6) is -0.446. The Kier molecular flexibility index (Phi) is 15.3. The van der Waals surface area contributed by atoms with Crippen LogP contribution in [0.4, 0.5) is 0 Å². The van der Waals surface area contributed by atoms with E-state index in [1.165, 1.54) is 0 Å². The van der Waals surface area contributed by atoms with Gasteiger partial charge < -0.3 is 23.7 Å². The van der Waals surface area contributed by atoms with Gasteiger partial charge in [-0.3, -0.25) is 9.59 Å². The molecule has 130 valence electrons. The Morgan fingerprint density at radius 2 is 1.14 bits per heavy atom. The lowest BCUT2D eigenvalue weighted by Gasteiger charge is -2.07. The maximum Gasteiger partial charge on any atom is 0.308 e. The molecule has 0 aliphatic rings. The molecule has 0 spiro atoms. The van der Waals surface area contributed by atoms with Gasteiger partial charge >= 0.3 is 11.9 Å². The van der Waals surface area contributed by atoms with Gasteiger partial charge in [-0.1, -0.05) is 6.92 Å². The van der Waals surface area contributed by atoms with E-state index in [1.54, 1.807) is 6.92 Å². The van der Waals surface area contributed by atoms with Crippen molar-refractivity contribution in [2.75, 3.05) is 52.9 Å². The summed E-state index contributed by atoms with van der Waals surface area (Å²) in [6, 6.07) is 0. The molecule has 0 aromatic carbocycles. The van der Waals surface area contributed by atoms with Gasteiger partial charge in [0, 0.05) is 6.42 Å². The SMILES string of the molecule is CCCC(=O)OCCOCCOCCOCCC(=O)OCC. The number of ether oxygens (including phenoxy) is 5. The molecule has 0 amide bonds. The molecular weight excluding hydrogens is 292 g/mol. The van der Waals surface area contributed by atoms with Crippen molar-refractivity contribution in [3.05, 3.63) is 0 Å². The molecule has 0 aromatic heterocycles. The summed E-state index contributed by atoms with van der Waals surface area (Å²) in [5, 5.41) is 0. The minimum absolute atomic E-state index is 0.192. The summed E-state index contributed by atoms with van der Waals surface area (Å²) in [4.78, 5) is 22.0. The predicted octanol–water partition coefficient (Wildman–Crippen LogP) is 1.33. The first-order valence-electron chi connectivity index (χ1n) is 7.75. The van der Waals surface area contributed by atoms with E-state index in [4.69, 9.17) is 23.7 Å². The second-order valence-corrected chi connectivity index (χ2v) is 4.36. The smallest absolute Gasteiger partial charge is 0.308 e. The van der Waals surface area contributed by atoms with Crippen LogP contribution in [0.3, 0.4) is 0 Å². The lowest BCUT2D eigenvalue weighted by molar-refractivity contribution is -0.146. The molecule has 7 nitrogen and oxygen atoms in total. The van der Waals surface area contributed by atoms with Crippen LogP contribution >= 0.6 is 0 Å². The lowest BCUT2D eigenvalue weighted by Crippen LogP contribution is -2.14. The zero-order chi connectivity index (χ0) is 16.5. The van der Waals surface area contributed by atoms with Gasteiger partial charge in [-0.25, -0.2) is 0 Å². The van der Waals surface area contributed by atoms with E-state index >= 15 is 0 Å². The van der Waals surface area contributed by atoms with Crippen LogP contribution in [0.1, 0.15) is 33.1 Å². The van der Waals surface area contributed by atoms with E-state index in [0.29, 0.717) is 52.7 Å². The zero-order valence-electron chi connectivity index (χ0n) is 13.6. The zero-order valence-corrected chi connectivity index (χ0v) is 13.6. The van der Waals surface area contributed by atoms with E-state index in [0.717, 1.165) is 6.42 Å². The van der Waals surface area contributed by atoms with Crippen LogP contribution in [-0.4, -0.2) is 64.8 Å². The Bertz CT molecular complexity index is 253. The van der Waals surface area contributed by atoms with Gasteiger partial charge in [-0.05, 0) is 13.3 Å². The number of esters is 2. The van der Waals surface area contributed by atoms with Crippen molar-refractivity contribution in [3.8, 4) is 0 Å². The summed E-state index contributed by atoms with van der Waals surface area (Å²) in [5.41, 5.74) is 0. The third-order valence-corrected chi connectivity index (χ3v) is 2.44. The Morgan fingerprint density at radius 1 is 0.636 bits per heavy atom. The van der Waals surface area contributed by atoms with Crippen molar-refractivity contribution < 1.29 is 33.3 Å². The maximum atomic E-state index is 11.0. The predicted molar refractivity (Wildman–Crippen MR) is 79.6 cm³/mol. The molecule has 22 heavy (non-hydrogen) atoms. The van der Waals surface area contributed by atoms with E-state index in [1.807, 2.05) is 6.92 Å². The Hall–Kier alpha value is -1.18. The second kappa shape index (κ2) is 16.2. The second-order valence-electron chi connectivity index (χ2n) is 4.36. The highest BCUT2D eigenvalue weighted by atomic mass is 16.6. The van der Waals surface area contributed by atoms with Gasteiger partial charge in [-0.2, -0.15) is 0 Å². The first-order valence-corrected chi connectivity index (χ1v) is 7.75. The number of carbonyl (C=O) groups is 2. The Morgan fingerprint density at radius 3 is 1.68 bits per heavy atom. The first kappa shape index (κ1) is 20.8.